The summed E-state index contributed by atoms with van der Waals surface area (Å²) in [6.07, 6.45) is 1.82. The Labute approximate surface area is 112 Å². The topological polar surface area (TPSA) is 78.0 Å². The second-order valence-corrected chi connectivity index (χ2v) is 5.27. The van der Waals surface area contributed by atoms with Gasteiger partial charge in [0.05, 0.1) is 24.0 Å². The van der Waals surface area contributed by atoms with Crippen LogP contribution in [0.15, 0.2) is 24.5 Å². The van der Waals surface area contributed by atoms with Crippen molar-refractivity contribution in [1.82, 2.24) is 15.3 Å². The van der Waals surface area contributed by atoms with E-state index in [1.807, 2.05) is 12.1 Å². The number of imidazole rings is 1. The molecule has 0 aliphatic rings. The van der Waals surface area contributed by atoms with Crippen molar-refractivity contribution >= 4 is 16.9 Å². The Morgan fingerprint density at radius 1 is 1.47 bits per heavy atom. The number of aliphatic hydroxyl groups is 1. The molecule has 102 valence electrons. The molecule has 5 heteroatoms. The average molecular weight is 261 g/mol. The van der Waals surface area contributed by atoms with E-state index in [-0.39, 0.29) is 24.3 Å². The number of hydrogen-bond donors (Lipinski definition) is 3. The normalized spacial score (nSPS) is 11.7. The number of carbonyl (C=O) groups is 1. The van der Waals surface area contributed by atoms with Gasteiger partial charge >= 0.3 is 0 Å². The van der Waals surface area contributed by atoms with Gasteiger partial charge in [-0.25, -0.2) is 4.98 Å². The molecule has 0 spiro atoms. The summed E-state index contributed by atoms with van der Waals surface area (Å²) in [5.74, 6) is -0.127. The molecule has 0 bridgehead atoms. The molecule has 1 amide bonds. The van der Waals surface area contributed by atoms with Gasteiger partial charge in [0.2, 0.25) is 5.91 Å². The summed E-state index contributed by atoms with van der Waals surface area (Å²) in [5, 5.41) is 11.5. The Morgan fingerprint density at radius 2 is 2.26 bits per heavy atom. The summed E-state index contributed by atoms with van der Waals surface area (Å²) < 4.78 is 0. The number of aromatic nitrogens is 2. The van der Waals surface area contributed by atoms with Crippen molar-refractivity contribution in [1.29, 1.82) is 0 Å². The number of carbonyl (C=O) groups excluding carboxylic acids is 1. The predicted molar refractivity (Wildman–Crippen MR) is 73.8 cm³/mol. The molecule has 0 saturated carbocycles. The standard InChI is InChI=1S/C14H19N3O2/c1-14(2,8-15-13(19)5-6-18)10-3-4-11-12(7-10)17-9-16-11/h3-4,7,9,18H,5-6,8H2,1-2H3,(H,15,19)(H,16,17). The maximum absolute atomic E-state index is 11.4. The third-order valence-corrected chi connectivity index (χ3v) is 3.27. The zero-order chi connectivity index (χ0) is 13.9. The minimum absolute atomic E-state index is 0.119. The molecule has 1 heterocycles. The smallest absolute Gasteiger partial charge is 0.222 e. The van der Waals surface area contributed by atoms with Crippen molar-refractivity contribution in [3.8, 4) is 0 Å². The summed E-state index contributed by atoms with van der Waals surface area (Å²) in [6, 6.07) is 6.06. The van der Waals surface area contributed by atoms with Crippen LogP contribution in [0.25, 0.3) is 11.0 Å². The molecule has 1 aromatic carbocycles. The van der Waals surface area contributed by atoms with Gasteiger partial charge in [-0.3, -0.25) is 4.79 Å². The van der Waals surface area contributed by atoms with Gasteiger partial charge in [-0.1, -0.05) is 19.9 Å². The van der Waals surface area contributed by atoms with E-state index in [0.717, 1.165) is 16.6 Å². The second-order valence-electron chi connectivity index (χ2n) is 5.27. The van der Waals surface area contributed by atoms with E-state index in [4.69, 9.17) is 5.11 Å². The van der Waals surface area contributed by atoms with Crippen LogP contribution in [0.4, 0.5) is 0 Å². The molecule has 0 unspecified atom stereocenters. The largest absolute Gasteiger partial charge is 0.396 e. The van der Waals surface area contributed by atoms with Gasteiger partial charge in [-0.05, 0) is 17.7 Å². The molecule has 3 N–H and O–H groups in total. The monoisotopic (exact) mass is 261 g/mol. The molecule has 19 heavy (non-hydrogen) atoms. The zero-order valence-corrected chi connectivity index (χ0v) is 11.2. The number of aromatic amines is 1. The van der Waals surface area contributed by atoms with E-state index in [1.165, 1.54) is 0 Å². The predicted octanol–water partition coefficient (Wildman–Crippen LogP) is 1.34. The fourth-order valence-corrected chi connectivity index (χ4v) is 1.97. The van der Waals surface area contributed by atoms with Crippen LogP contribution in [0.3, 0.4) is 0 Å². The summed E-state index contributed by atoms with van der Waals surface area (Å²) in [7, 11) is 0. The van der Waals surface area contributed by atoms with E-state index in [1.54, 1.807) is 6.33 Å². The Hall–Kier alpha value is -1.88. The SMILES string of the molecule is CC(C)(CNC(=O)CCO)c1ccc2nc[nH]c2c1. The summed E-state index contributed by atoms with van der Waals surface area (Å²) in [5.41, 5.74) is 2.88. The first-order valence-electron chi connectivity index (χ1n) is 6.34. The van der Waals surface area contributed by atoms with Crippen LogP contribution in [0.1, 0.15) is 25.8 Å². The molecule has 2 aromatic rings. The van der Waals surface area contributed by atoms with Gasteiger partial charge in [0.25, 0.3) is 0 Å². The molecule has 1 aromatic heterocycles. The van der Waals surface area contributed by atoms with Gasteiger partial charge in [-0.2, -0.15) is 0 Å². The van der Waals surface area contributed by atoms with Crippen LogP contribution in [0.2, 0.25) is 0 Å². The highest BCUT2D eigenvalue weighted by atomic mass is 16.3. The fourth-order valence-electron chi connectivity index (χ4n) is 1.97. The molecule has 0 saturated heterocycles. The first-order valence-corrected chi connectivity index (χ1v) is 6.34. The highest BCUT2D eigenvalue weighted by Crippen LogP contribution is 2.24. The Balaban J connectivity index is 2.11. The van der Waals surface area contributed by atoms with E-state index in [0.29, 0.717) is 6.54 Å². The van der Waals surface area contributed by atoms with Crippen LogP contribution in [0.5, 0.6) is 0 Å². The van der Waals surface area contributed by atoms with Crippen molar-refractivity contribution < 1.29 is 9.90 Å². The van der Waals surface area contributed by atoms with Crippen molar-refractivity contribution in [3.63, 3.8) is 0 Å². The van der Waals surface area contributed by atoms with Crippen molar-refractivity contribution in [3.05, 3.63) is 30.1 Å². The molecule has 0 aliphatic carbocycles. The third kappa shape index (κ3) is 3.12. The molecule has 0 fully saturated rings. The van der Waals surface area contributed by atoms with Gasteiger partial charge < -0.3 is 15.4 Å². The molecular formula is C14H19N3O2. The van der Waals surface area contributed by atoms with Gasteiger partial charge in [0.1, 0.15) is 0 Å². The highest BCUT2D eigenvalue weighted by Gasteiger charge is 2.21. The van der Waals surface area contributed by atoms with Crippen molar-refractivity contribution in [2.75, 3.05) is 13.2 Å². The number of rotatable bonds is 5. The van der Waals surface area contributed by atoms with Crippen LogP contribution < -0.4 is 5.32 Å². The van der Waals surface area contributed by atoms with E-state index in [2.05, 4.69) is 35.2 Å². The first-order chi connectivity index (χ1) is 9.03. The molecule has 2 rings (SSSR count). The number of nitrogens with one attached hydrogen (secondary N) is 2. The lowest BCUT2D eigenvalue weighted by atomic mass is 9.84. The maximum Gasteiger partial charge on any atom is 0.222 e. The Morgan fingerprint density at radius 3 is 3.00 bits per heavy atom. The number of H-pyrrole nitrogens is 1. The lowest BCUT2D eigenvalue weighted by Gasteiger charge is -2.25. The quantitative estimate of drug-likeness (QED) is 0.760. The van der Waals surface area contributed by atoms with E-state index >= 15 is 0 Å². The van der Waals surface area contributed by atoms with Crippen LogP contribution in [0, 0.1) is 0 Å². The number of amides is 1. The van der Waals surface area contributed by atoms with Crippen molar-refractivity contribution in [2.24, 2.45) is 0 Å². The molecule has 0 atom stereocenters. The second kappa shape index (κ2) is 5.40. The number of nitrogens with zero attached hydrogens (tertiary/aromatic N) is 1. The highest BCUT2D eigenvalue weighted by molar-refractivity contribution is 5.77. The Bertz CT molecular complexity index is 575. The minimum Gasteiger partial charge on any atom is -0.396 e. The van der Waals surface area contributed by atoms with Gasteiger partial charge in [0, 0.05) is 18.4 Å². The van der Waals surface area contributed by atoms with Crippen LogP contribution in [-0.4, -0.2) is 34.1 Å². The average Bonchev–Trinajstić information content (AvgIpc) is 2.84. The van der Waals surface area contributed by atoms with Crippen molar-refractivity contribution in [2.45, 2.75) is 25.7 Å². The number of aliphatic hydroxyl groups excluding tert-OH is 1. The molecular weight excluding hydrogens is 242 g/mol. The van der Waals surface area contributed by atoms with Gasteiger partial charge in [-0.15, -0.1) is 0 Å². The van der Waals surface area contributed by atoms with Crippen LogP contribution in [-0.2, 0) is 10.2 Å². The number of hydrogen-bond acceptors (Lipinski definition) is 3. The summed E-state index contributed by atoms with van der Waals surface area (Å²) in [6.45, 7) is 4.56. The minimum atomic E-state index is -0.176. The molecule has 0 radical (unpaired) electrons. The number of fused-ring (bicyclic) bond motifs is 1. The number of benzene rings is 1. The lowest BCUT2D eigenvalue weighted by Crippen LogP contribution is -2.36. The molecule has 0 aliphatic heterocycles. The van der Waals surface area contributed by atoms with Gasteiger partial charge in [0.15, 0.2) is 0 Å². The Kier molecular flexibility index (Phi) is 3.85. The van der Waals surface area contributed by atoms with Crippen LogP contribution >= 0.6 is 0 Å². The lowest BCUT2D eigenvalue weighted by molar-refractivity contribution is -0.121. The maximum atomic E-state index is 11.4. The van der Waals surface area contributed by atoms with E-state index < -0.39 is 0 Å². The summed E-state index contributed by atoms with van der Waals surface area (Å²) in [4.78, 5) is 18.7. The first kappa shape index (κ1) is 13.5. The molecule has 5 nitrogen and oxygen atoms in total. The fraction of sp³-hybridized carbons (Fsp3) is 0.429. The summed E-state index contributed by atoms with van der Waals surface area (Å²) >= 11 is 0. The third-order valence-electron chi connectivity index (χ3n) is 3.27. The zero-order valence-electron chi connectivity index (χ0n) is 11.2. The van der Waals surface area contributed by atoms with E-state index in [9.17, 15) is 4.79 Å².